The van der Waals surface area contributed by atoms with Crippen LogP contribution in [-0.4, -0.2) is 21.6 Å². The van der Waals surface area contributed by atoms with Crippen LogP contribution < -0.4 is 10.5 Å². The van der Waals surface area contributed by atoms with Crippen molar-refractivity contribution in [2.45, 2.75) is 0 Å². The summed E-state index contributed by atoms with van der Waals surface area (Å²) in [7, 11) is 1.65. The molecule has 0 aliphatic heterocycles. The minimum atomic E-state index is 0.446. The van der Waals surface area contributed by atoms with Gasteiger partial charge in [0.25, 0.3) is 0 Å². The van der Waals surface area contributed by atoms with E-state index in [2.05, 4.69) is 9.97 Å². The average Bonchev–Trinajstić information content (AvgIpc) is 3.03. The van der Waals surface area contributed by atoms with Gasteiger partial charge in [0.15, 0.2) is 5.65 Å². The lowest BCUT2D eigenvalue weighted by Crippen LogP contribution is -1.97. The highest BCUT2D eigenvalue weighted by Gasteiger charge is 2.16. The summed E-state index contributed by atoms with van der Waals surface area (Å²) in [5.41, 5.74) is 9.83. The second-order valence-electron chi connectivity index (χ2n) is 5.58. The molecule has 4 rings (SSSR count). The first-order valence-corrected chi connectivity index (χ1v) is 8.07. The van der Waals surface area contributed by atoms with Crippen LogP contribution in [-0.2, 0) is 0 Å². The van der Waals surface area contributed by atoms with Gasteiger partial charge in [0.1, 0.15) is 17.9 Å². The number of fused-ring (bicyclic) bond motifs is 1. The Labute approximate surface area is 149 Å². The lowest BCUT2D eigenvalue weighted by molar-refractivity contribution is 0.415. The van der Waals surface area contributed by atoms with Gasteiger partial charge in [0, 0.05) is 22.5 Å². The maximum Gasteiger partial charge on any atom is 0.150 e. The van der Waals surface area contributed by atoms with Crippen molar-refractivity contribution in [3.05, 3.63) is 66.1 Å². The van der Waals surface area contributed by atoms with Crippen molar-refractivity contribution in [3.8, 4) is 22.6 Å². The number of methoxy groups -OCH3 is 1. The summed E-state index contributed by atoms with van der Waals surface area (Å²) in [6, 6.07) is 15.4. The summed E-state index contributed by atoms with van der Waals surface area (Å²) in [6.45, 7) is 0. The number of hydrogen-bond donors (Lipinski definition) is 1. The second kappa shape index (κ2) is 6.11. The van der Waals surface area contributed by atoms with Crippen LogP contribution in [0.25, 0.3) is 27.8 Å². The first-order chi connectivity index (χ1) is 12.2. The molecule has 0 spiro atoms. The highest BCUT2D eigenvalue weighted by molar-refractivity contribution is 6.30. The summed E-state index contributed by atoms with van der Waals surface area (Å²) in [5.74, 6) is 1.24. The fourth-order valence-electron chi connectivity index (χ4n) is 2.87. The molecule has 0 fully saturated rings. The van der Waals surface area contributed by atoms with E-state index in [9.17, 15) is 0 Å². The lowest BCUT2D eigenvalue weighted by atomic mass is 10.1. The molecule has 0 saturated heterocycles. The molecule has 0 aliphatic carbocycles. The first kappa shape index (κ1) is 15.5. The van der Waals surface area contributed by atoms with Crippen molar-refractivity contribution in [1.82, 2.24) is 14.5 Å². The Morgan fingerprint density at radius 1 is 1.00 bits per heavy atom. The number of nitrogens with zero attached hydrogens (tertiary/aromatic N) is 3. The zero-order valence-corrected chi connectivity index (χ0v) is 14.2. The predicted molar refractivity (Wildman–Crippen MR) is 100 cm³/mol. The van der Waals surface area contributed by atoms with E-state index in [0.717, 1.165) is 33.6 Å². The van der Waals surface area contributed by atoms with Crippen LogP contribution in [0.1, 0.15) is 0 Å². The maximum atomic E-state index is 6.15. The normalized spacial score (nSPS) is 11.0. The molecule has 0 amide bonds. The van der Waals surface area contributed by atoms with Gasteiger partial charge in [-0.25, -0.2) is 9.97 Å². The molecule has 2 heterocycles. The fourth-order valence-corrected chi connectivity index (χ4v) is 3.00. The van der Waals surface area contributed by atoms with Crippen molar-refractivity contribution in [1.29, 1.82) is 0 Å². The smallest absolute Gasteiger partial charge is 0.150 e. The summed E-state index contributed by atoms with van der Waals surface area (Å²) in [6.07, 6.45) is 3.49. The topological polar surface area (TPSA) is 66.0 Å². The quantitative estimate of drug-likeness (QED) is 0.597. The van der Waals surface area contributed by atoms with Gasteiger partial charge in [0.05, 0.1) is 12.5 Å². The highest BCUT2D eigenvalue weighted by Crippen LogP contribution is 2.34. The van der Waals surface area contributed by atoms with E-state index in [0.29, 0.717) is 10.8 Å². The van der Waals surface area contributed by atoms with E-state index in [1.807, 2.05) is 59.3 Å². The summed E-state index contributed by atoms with van der Waals surface area (Å²) in [4.78, 5) is 8.59. The number of aromatic nitrogens is 3. The molecule has 0 saturated carbocycles. The van der Waals surface area contributed by atoms with Crippen LogP contribution in [0.15, 0.2) is 61.1 Å². The van der Waals surface area contributed by atoms with Crippen LogP contribution in [0.2, 0.25) is 5.02 Å². The molecule has 0 bridgehead atoms. The largest absolute Gasteiger partial charge is 0.497 e. The van der Waals surface area contributed by atoms with Crippen LogP contribution in [0.5, 0.6) is 5.75 Å². The fraction of sp³-hybridized carbons (Fsp3) is 0.0526. The van der Waals surface area contributed by atoms with E-state index >= 15 is 0 Å². The van der Waals surface area contributed by atoms with Gasteiger partial charge < -0.3 is 15.0 Å². The van der Waals surface area contributed by atoms with Crippen molar-refractivity contribution < 1.29 is 4.74 Å². The molecule has 2 aromatic heterocycles. The number of rotatable bonds is 3. The molecule has 0 unspecified atom stereocenters. The van der Waals surface area contributed by atoms with Gasteiger partial charge in [-0.05, 0) is 42.0 Å². The van der Waals surface area contributed by atoms with Gasteiger partial charge >= 0.3 is 0 Å². The maximum absolute atomic E-state index is 6.15. The molecule has 0 radical (unpaired) electrons. The third-order valence-corrected chi connectivity index (χ3v) is 4.37. The Balaban J connectivity index is 1.96. The van der Waals surface area contributed by atoms with Crippen LogP contribution in [0, 0.1) is 0 Å². The average molecular weight is 351 g/mol. The van der Waals surface area contributed by atoms with Crippen molar-refractivity contribution in [3.63, 3.8) is 0 Å². The SMILES string of the molecule is COc1ccc(-n2cc(-c3ccc(Cl)cc3)c3c(N)ncnc32)cc1. The Kier molecular flexibility index (Phi) is 3.78. The monoisotopic (exact) mass is 350 g/mol. The zero-order chi connectivity index (χ0) is 17.4. The summed E-state index contributed by atoms with van der Waals surface area (Å²) < 4.78 is 7.23. The molecule has 0 aliphatic rings. The van der Waals surface area contributed by atoms with E-state index in [1.165, 1.54) is 6.33 Å². The van der Waals surface area contributed by atoms with E-state index in [4.69, 9.17) is 22.1 Å². The predicted octanol–water partition coefficient (Wildman–Crippen LogP) is 4.33. The van der Waals surface area contributed by atoms with Gasteiger partial charge in [-0.2, -0.15) is 0 Å². The third kappa shape index (κ3) is 2.68. The minimum Gasteiger partial charge on any atom is -0.497 e. The molecule has 4 aromatic rings. The van der Waals surface area contributed by atoms with Crippen LogP contribution in [0.3, 0.4) is 0 Å². The summed E-state index contributed by atoms with van der Waals surface area (Å²) >= 11 is 6.01. The molecule has 2 N–H and O–H groups in total. The van der Waals surface area contributed by atoms with Crippen molar-refractivity contribution in [2.24, 2.45) is 0 Å². The molecular weight excluding hydrogens is 336 g/mol. The van der Waals surface area contributed by atoms with E-state index < -0.39 is 0 Å². The number of benzene rings is 2. The van der Waals surface area contributed by atoms with E-state index in [1.54, 1.807) is 7.11 Å². The van der Waals surface area contributed by atoms with Gasteiger partial charge in [-0.1, -0.05) is 23.7 Å². The summed E-state index contributed by atoms with van der Waals surface area (Å²) in [5, 5.41) is 1.51. The van der Waals surface area contributed by atoms with Gasteiger partial charge in [0.2, 0.25) is 0 Å². The Morgan fingerprint density at radius 3 is 2.40 bits per heavy atom. The van der Waals surface area contributed by atoms with Crippen molar-refractivity contribution >= 4 is 28.5 Å². The number of hydrogen-bond acceptors (Lipinski definition) is 4. The Bertz CT molecular complexity index is 1040. The number of halogens is 1. The number of nitrogen functional groups attached to an aromatic ring is 1. The third-order valence-electron chi connectivity index (χ3n) is 4.12. The number of nitrogens with two attached hydrogens (primary N) is 1. The van der Waals surface area contributed by atoms with E-state index in [-0.39, 0.29) is 0 Å². The van der Waals surface area contributed by atoms with Gasteiger partial charge in [-0.15, -0.1) is 0 Å². The van der Waals surface area contributed by atoms with Crippen molar-refractivity contribution in [2.75, 3.05) is 12.8 Å². The molecule has 2 aromatic carbocycles. The molecule has 5 nitrogen and oxygen atoms in total. The minimum absolute atomic E-state index is 0.446. The van der Waals surface area contributed by atoms with Crippen LogP contribution >= 0.6 is 11.6 Å². The zero-order valence-electron chi connectivity index (χ0n) is 13.5. The Morgan fingerprint density at radius 2 is 1.72 bits per heavy atom. The first-order valence-electron chi connectivity index (χ1n) is 7.69. The molecular formula is C19H15ClN4O. The molecule has 124 valence electrons. The number of ether oxygens (including phenoxy) is 1. The molecule has 6 heteroatoms. The highest BCUT2D eigenvalue weighted by atomic mass is 35.5. The standard InChI is InChI=1S/C19H15ClN4O/c1-25-15-8-6-14(7-9-15)24-10-16(12-2-4-13(20)5-3-12)17-18(21)22-11-23-19(17)24/h2-11H,1H3,(H2,21,22,23). The van der Waals surface area contributed by atoms with Gasteiger partial charge in [-0.3, -0.25) is 0 Å². The lowest BCUT2D eigenvalue weighted by Gasteiger charge is -2.06. The molecule has 0 atom stereocenters. The molecule has 25 heavy (non-hydrogen) atoms. The Hall–Kier alpha value is -3.05. The second-order valence-corrected chi connectivity index (χ2v) is 6.01. The number of anilines is 1. The van der Waals surface area contributed by atoms with Crippen LogP contribution in [0.4, 0.5) is 5.82 Å².